The summed E-state index contributed by atoms with van der Waals surface area (Å²) in [5.41, 5.74) is 1.03. The maximum atomic E-state index is 9.87. The van der Waals surface area contributed by atoms with Crippen molar-refractivity contribution in [1.29, 1.82) is 0 Å². The highest BCUT2D eigenvalue weighted by molar-refractivity contribution is 5.52. The van der Waals surface area contributed by atoms with Crippen LogP contribution in [0.4, 0.5) is 0 Å². The number of phenols is 1. The number of aromatic hydroxyl groups is 1. The molecule has 1 rings (SSSR count). The molecule has 0 radical (unpaired) electrons. The van der Waals surface area contributed by atoms with E-state index in [4.69, 9.17) is 9.47 Å². The minimum atomic E-state index is 0.0476. The van der Waals surface area contributed by atoms with Crippen molar-refractivity contribution >= 4 is 0 Å². The number of ether oxygens (including phenoxy) is 2. The topological polar surface area (TPSA) is 50.7 Å². The van der Waals surface area contributed by atoms with Gasteiger partial charge in [0, 0.05) is 12.6 Å². The number of methoxy groups -OCH3 is 2. The molecule has 1 aromatic rings. The van der Waals surface area contributed by atoms with Crippen LogP contribution >= 0.6 is 0 Å². The Labute approximate surface area is 122 Å². The van der Waals surface area contributed by atoms with E-state index in [-0.39, 0.29) is 5.75 Å². The molecule has 0 heterocycles. The number of rotatable bonds is 8. The Balaban J connectivity index is 2.68. The van der Waals surface area contributed by atoms with Crippen molar-refractivity contribution < 1.29 is 14.6 Å². The minimum absolute atomic E-state index is 0.0476. The lowest BCUT2D eigenvalue weighted by atomic mass is 10.0. The third-order valence-corrected chi connectivity index (χ3v) is 3.65. The summed E-state index contributed by atoms with van der Waals surface area (Å²) >= 11 is 0. The molecule has 0 amide bonds. The van der Waals surface area contributed by atoms with Crippen LogP contribution < -0.4 is 14.8 Å². The van der Waals surface area contributed by atoms with Gasteiger partial charge in [-0.05, 0) is 37.0 Å². The molecule has 0 spiro atoms. The zero-order chi connectivity index (χ0) is 15.1. The molecule has 2 atom stereocenters. The lowest BCUT2D eigenvalue weighted by Gasteiger charge is -2.18. The number of hydrogen-bond acceptors (Lipinski definition) is 4. The second kappa shape index (κ2) is 8.00. The summed E-state index contributed by atoms with van der Waals surface area (Å²) in [6, 6.07) is 4.12. The molecule has 0 saturated carbocycles. The summed E-state index contributed by atoms with van der Waals surface area (Å²) in [5.74, 6) is 1.65. The van der Waals surface area contributed by atoms with Crippen LogP contribution in [0.25, 0.3) is 0 Å². The standard InChI is InChI=1S/C16H27NO3/c1-6-11(2)7-12(3)17-10-13-8-14(19-4)16(18)15(9-13)20-5/h8-9,11-12,17-18H,6-7,10H2,1-5H3. The van der Waals surface area contributed by atoms with Crippen LogP contribution in [0, 0.1) is 5.92 Å². The minimum Gasteiger partial charge on any atom is -0.502 e. The molecule has 20 heavy (non-hydrogen) atoms. The highest BCUT2D eigenvalue weighted by Crippen LogP contribution is 2.37. The van der Waals surface area contributed by atoms with E-state index in [1.807, 2.05) is 12.1 Å². The Morgan fingerprint density at radius 1 is 1.15 bits per heavy atom. The summed E-state index contributed by atoms with van der Waals surface area (Å²) in [6.45, 7) is 7.41. The summed E-state index contributed by atoms with van der Waals surface area (Å²) in [7, 11) is 3.08. The molecule has 0 bridgehead atoms. The molecular formula is C16H27NO3. The first-order valence-electron chi connectivity index (χ1n) is 7.19. The van der Waals surface area contributed by atoms with Crippen molar-refractivity contribution in [2.75, 3.05) is 14.2 Å². The zero-order valence-corrected chi connectivity index (χ0v) is 13.2. The summed E-state index contributed by atoms with van der Waals surface area (Å²) in [5, 5.41) is 13.4. The van der Waals surface area contributed by atoms with E-state index in [1.54, 1.807) is 0 Å². The molecule has 0 aliphatic carbocycles. The van der Waals surface area contributed by atoms with Gasteiger partial charge in [-0.1, -0.05) is 20.3 Å². The van der Waals surface area contributed by atoms with Crippen LogP contribution in [0.1, 0.15) is 39.2 Å². The number of phenolic OH excluding ortho intramolecular Hbond substituents is 1. The van der Waals surface area contributed by atoms with Gasteiger partial charge in [-0.15, -0.1) is 0 Å². The molecule has 4 nitrogen and oxygen atoms in total. The van der Waals surface area contributed by atoms with Gasteiger partial charge in [-0.25, -0.2) is 0 Å². The number of benzene rings is 1. The van der Waals surface area contributed by atoms with E-state index in [9.17, 15) is 5.11 Å². The van der Waals surface area contributed by atoms with Gasteiger partial charge in [0.05, 0.1) is 14.2 Å². The van der Waals surface area contributed by atoms with Gasteiger partial charge in [-0.3, -0.25) is 0 Å². The smallest absolute Gasteiger partial charge is 0.200 e. The van der Waals surface area contributed by atoms with E-state index in [1.165, 1.54) is 20.6 Å². The Kier molecular flexibility index (Phi) is 6.65. The van der Waals surface area contributed by atoms with Gasteiger partial charge in [0.1, 0.15) is 0 Å². The maximum absolute atomic E-state index is 9.87. The molecule has 0 aromatic heterocycles. The summed E-state index contributed by atoms with van der Waals surface area (Å²) < 4.78 is 10.3. The molecule has 0 fully saturated rings. The van der Waals surface area contributed by atoms with E-state index < -0.39 is 0 Å². The van der Waals surface area contributed by atoms with E-state index in [0.717, 1.165) is 24.4 Å². The first kappa shape index (κ1) is 16.6. The van der Waals surface area contributed by atoms with Gasteiger partial charge >= 0.3 is 0 Å². The van der Waals surface area contributed by atoms with Crippen molar-refractivity contribution in [3.8, 4) is 17.2 Å². The Morgan fingerprint density at radius 2 is 1.70 bits per heavy atom. The fourth-order valence-corrected chi connectivity index (χ4v) is 2.20. The second-order valence-corrected chi connectivity index (χ2v) is 5.38. The normalized spacial score (nSPS) is 13.8. The summed E-state index contributed by atoms with van der Waals surface area (Å²) in [4.78, 5) is 0. The van der Waals surface area contributed by atoms with Crippen LogP contribution in [0.15, 0.2) is 12.1 Å². The van der Waals surface area contributed by atoms with Crippen LogP contribution in [0.5, 0.6) is 17.2 Å². The average molecular weight is 281 g/mol. The van der Waals surface area contributed by atoms with Gasteiger partial charge in [0.2, 0.25) is 5.75 Å². The maximum Gasteiger partial charge on any atom is 0.200 e. The van der Waals surface area contributed by atoms with Crippen LogP contribution in [0.2, 0.25) is 0 Å². The lowest BCUT2D eigenvalue weighted by molar-refractivity contribution is 0.338. The number of nitrogens with one attached hydrogen (secondary N) is 1. The lowest BCUT2D eigenvalue weighted by Crippen LogP contribution is -2.27. The Bertz CT molecular complexity index is 395. The molecule has 0 aliphatic heterocycles. The highest BCUT2D eigenvalue weighted by atomic mass is 16.5. The third-order valence-electron chi connectivity index (χ3n) is 3.65. The van der Waals surface area contributed by atoms with Crippen molar-refractivity contribution in [1.82, 2.24) is 5.32 Å². The molecule has 1 aromatic carbocycles. The Morgan fingerprint density at radius 3 is 2.15 bits per heavy atom. The molecule has 0 saturated heterocycles. The van der Waals surface area contributed by atoms with Crippen molar-refractivity contribution in [3.05, 3.63) is 17.7 Å². The van der Waals surface area contributed by atoms with Crippen LogP contribution in [-0.2, 0) is 6.54 Å². The molecule has 4 heteroatoms. The van der Waals surface area contributed by atoms with Gasteiger partial charge in [0.25, 0.3) is 0 Å². The van der Waals surface area contributed by atoms with Crippen molar-refractivity contribution in [2.24, 2.45) is 5.92 Å². The first-order chi connectivity index (χ1) is 9.51. The quantitative estimate of drug-likeness (QED) is 0.767. The van der Waals surface area contributed by atoms with Gasteiger partial charge in [0.15, 0.2) is 11.5 Å². The van der Waals surface area contributed by atoms with Crippen LogP contribution in [-0.4, -0.2) is 25.4 Å². The van der Waals surface area contributed by atoms with E-state index >= 15 is 0 Å². The predicted octanol–water partition coefficient (Wildman–Crippen LogP) is 3.32. The average Bonchev–Trinajstić information content (AvgIpc) is 2.45. The highest BCUT2D eigenvalue weighted by Gasteiger charge is 2.12. The van der Waals surface area contributed by atoms with Gasteiger partial charge < -0.3 is 19.9 Å². The summed E-state index contributed by atoms with van der Waals surface area (Å²) in [6.07, 6.45) is 2.36. The van der Waals surface area contributed by atoms with E-state index in [0.29, 0.717) is 17.5 Å². The molecule has 2 unspecified atom stereocenters. The van der Waals surface area contributed by atoms with Gasteiger partial charge in [-0.2, -0.15) is 0 Å². The molecule has 2 N–H and O–H groups in total. The monoisotopic (exact) mass is 281 g/mol. The molecule has 0 aliphatic rings. The first-order valence-corrected chi connectivity index (χ1v) is 7.19. The molecule has 114 valence electrons. The zero-order valence-electron chi connectivity index (χ0n) is 13.2. The Hall–Kier alpha value is -1.42. The largest absolute Gasteiger partial charge is 0.502 e. The van der Waals surface area contributed by atoms with Crippen molar-refractivity contribution in [3.63, 3.8) is 0 Å². The van der Waals surface area contributed by atoms with Crippen LogP contribution in [0.3, 0.4) is 0 Å². The van der Waals surface area contributed by atoms with Crippen molar-refractivity contribution in [2.45, 2.75) is 46.2 Å². The fraction of sp³-hybridized carbons (Fsp3) is 0.625. The molecular weight excluding hydrogens is 254 g/mol. The second-order valence-electron chi connectivity index (χ2n) is 5.38. The number of hydrogen-bond donors (Lipinski definition) is 2. The third kappa shape index (κ3) is 4.60. The fourth-order valence-electron chi connectivity index (χ4n) is 2.20. The SMILES string of the molecule is CCC(C)CC(C)NCc1cc(OC)c(O)c(OC)c1. The van der Waals surface area contributed by atoms with E-state index in [2.05, 4.69) is 26.1 Å². The predicted molar refractivity (Wildman–Crippen MR) is 81.6 cm³/mol.